The first-order valence-electron chi connectivity index (χ1n) is 12.8. The van der Waals surface area contributed by atoms with Gasteiger partial charge in [-0.15, -0.1) is 0 Å². The van der Waals surface area contributed by atoms with E-state index in [1.807, 2.05) is 24.3 Å². The van der Waals surface area contributed by atoms with E-state index in [0.717, 1.165) is 46.2 Å². The lowest BCUT2D eigenvalue weighted by Crippen LogP contribution is -2.47. The van der Waals surface area contributed by atoms with E-state index in [0.29, 0.717) is 35.8 Å². The summed E-state index contributed by atoms with van der Waals surface area (Å²) in [5.41, 5.74) is 6.38. The molecule has 3 aliphatic carbocycles. The van der Waals surface area contributed by atoms with Crippen LogP contribution in [0.25, 0.3) is 11.1 Å². The highest BCUT2D eigenvalue weighted by atomic mass is 16.5. The molecule has 2 aromatic rings. The average molecular weight is 523 g/mol. The summed E-state index contributed by atoms with van der Waals surface area (Å²) in [6.45, 7) is 0. The van der Waals surface area contributed by atoms with Crippen LogP contribution in [0, 0.1) is 23.7 Å². The topological polar surface area (TPSA) is 89.5 Å². The standard InChI is InChI=1S/C30H34O8/c1-33-21-11-15-7-9-17-25(19(15)13-23(21)35-3)26-18(28(30(32)38-6)27(17)29(31)37-5)10-8-16-12-22(34-2)24(36-4)14-20(16)26/h11-14,17-18,27-28H,7-10H2,1-6H3. The first kappa shape index (κ1) is 25.9. The van der Waals surface area contributed by atoms with Crippen LogP contribution >= 0.6 is 0 Å². The quantitative estimate of drug-likeness (QED) is 0.518. The summed E-state index contributed by atoms with van der Waals surface area (Å²) in [5.74, 6) is 0.00971. The fourth-order valence-corrected chi connectivity index (χ4v) is 6.87. The lowest BCUT2D eigenvalue weighted by Gasteiger charge is -2.47. The van der Waals surface area contributed by atoms with Crippen molar-refractivity contribution in [2.75, 3.05) is 42.7 Å². The maximum Gasteiger partial charge on any atom is 0.310 e. The van der Waals surface area contributed by atoms with Gasteiger partial charge in [-0.05, 0) is 95.2 Å². The summed E-state index contributed by atoms with van der Waals surface area (Å²) in [6.07, 6.45) is 2.82. The zero-order valence-corrected chi connectivity index (χ0v) is 22.7. The second-order valence-corrected chi connectivity index (χ2v) is 9.94. The molecule has 0 fully saturated rings. The van der Waals surface area contributed by atoms with Crippen molar-refractivity contribution in [3.63, 3.8) is 0 Å². The highest BCUT2D eigenvalue weighted by Crippen LogP contribution is 2.59. The number of ether oxygens (including phenoxy) is 6. The Morgan fingerprint density at radius 3 is 1.24 bits per heavy atom. The minimum absolute atomic E-state index is 0.234. The van der Waals surface area contributed by atoms with Crippen LogP contribution in [0.4, 0.5) is 0 Å². The van der Waals surface area contributed by atoms with Crippen LogP contribution in [0.3, 0.4) is 0 Å². The Labute approximate surface area is 222 Å². The van der Waals surface area contributed by atoms with Crippen molar-refractivity contribution >= 4 is 23.1 Å². The Morgan fingerprint density at radius 1 is 0.579 bits per heavy atom. The second kappa shape index (κ2) is 10.2. The van der Waals surface area contributed by atoms with E-state index < -0.39 is 11.8 Å². The molecule has 4 unspecified atom stereocenters. The number of methoxy groups -OCH3 is 6. The molecular formula is C30H34O8. The summed E-state index contributed by atoms with van der Waals surface area (Å²) in [6, 6.07) is 8.04. The number of rotatable bonds is 6. The molecule has 0 aliphatic heterocycles. The fourth-order valence-electron chi connectivity index (χ4n) is 6.87. The van der Waals surface area contributed by atoms with Crippen LogP contribution in [-0.4, -0.2) is 54.6 Å². The number of esters is 2. The van der Waals surface area contributed by atoms with Gasteiger partial charge in [0.2, 0.25) is 0 Å². The molecule has 0 heterocycles. The number of allylic oxidation sites excluding steroid dienone is 2. The Morgan fingerprint density at radius 2 is 0.921 bits per heavy atom. The van der Waals surface area contributed by atoms with Gasteiger partial charge in [-0.3, -0.25) is 9.59 Å². The van der Waals surface area contributed by atoms with Crippen LogP contribution in [0.1, 0.15) is 35.1 Å². The van der Waals surface area contributed by atoms with Gasteiger partial charge in [0.25, 0.3) is 0 Å². The van der Waals surface area contributed by atoms with E-state index in [1.165, 1.54) is 14.2 Å². The molecule has 8 nitrogen and oxygen atoms in total. The largest absolute Gasteiger partial charge is 0.493 e. The van der Waals surface area contributed by atoms with Gasteiger partial charge in [0, 0.05) is 0 Å². The zero-order chi connectivity index (χ0) is 27.1. The van der Waals surface area contributed by atoms with Crippen LogP contribution in [0.15, 0.2) is 24.3 Å². The van der Waals surface area contributed by atoms with Crippen molar-refractivity contribution < 1.29 is 38.0 Å². The minimum atomic E-state index is -0.654. The maximum atomic E-state index is 13.4. The van der Waals surface area contributed by atoms with Crippen molar-refractivity contribution in [3.05, 3.63) is 46.5 Å². The molecule has 0 amide bonds. The molecule has 0 saturated heterocycles. The molecule has 0 radical (unpaired) electrons. The summed E-state index contributed by atoms with van der Waals surface area (Å²) < 4.78 is 33.1. The van der Waals surface area contributed by atoms with E-state index in [4.69, 9.17) is 28.4 Å². The first-order valence-corrected chi connectivity index (χ1v) is 12.8. The second-order valence-electron chi connectivity index (χ2n) is 9.94. The third kappa shape index (κ3) is 3.89. The molecule has 0 spiro atoms. The van der Waals surface area contributed by atoms with Gasteiger partial charge in [-0.25, -0.2) is 0 Å². The van der Waals surface area contributed by atoms with Crippen LogP contribution < -0.4 is 18.9 Å². The predicted octanol–water partition coefficient (Wildman–Crippen LogP) is 4.35. The molecule has 0 N–H and O–H groups in total. The first-order chi connectivity index (χ1) is 18.4. The smallest absolute Gasteiger partial charge is 0.310 e. The molecule has 4 atom stereocenters. The molecule has 38 heavy (non-hydrogen) atoms. The minimum Gasteiger partial charge on any atom is -0.493 e. The lowest BCUT2D eigenvalue weighted by molar-refractivity contribution is -0.161. The summed E-state index contributed by atoms with van der Waals surface area (Å²) in [4.78, 5) is 26.7. The van der Waals surface area contributed by atoms with Gasteiger partial charge in [0.15, 0.2) is 23.0 Å². The Hall–Kier alpha value is -3.68. The van der Waals surface area contributed by atoms with E-state index >= 15 is 0 Å². The molecular weight excluding hydrogens is 488 g/mol. The highest BCUT2D eigenvalue weighted by molar-refractivity contribution is 6.02. The number of carbonyl (C=O) groups excluding carboxylic acids is 2. The Bertz CT molecular complexity index is 1210. The van der Waals surface area contributed by atoms with Crippen molar-refractivity contribution in [2.45, 2.75) is 25.7 Å². The fraction of sp³-hybridized carbons (Fsp3) is 0.467. The number of hydrogen-bond acceptors (Lipinski definition) is 8. The monoisotopic (exact) mass is 522 g/mol. The normalized spacial score (nSPS) is 23.2. The zero-order valence-electron chi connectivity index (χ0n) is 22.7. The SMILES string of the molecule is COC(=O)C1C2CCc3cc(OC)c(OC)cc3C2=C2c3cc(OC)c(OC)cc3CCC2C1C(=O)OC. The molecule has 8 heteroatoms. The Kier molecular flexibility index (Phi) is 6.99. The number of carbonyl (C=O) groups is 2. The van der Waals surface area contributed by atoms with Gasteiger partial charge < -0.3 is 28.4 Å². The third-order valence-electron chi connectivity index (χ3n) is 8.48. The van der Waals surface area contributed by atoms with Crippen molar-refractivity contribution in [3.8, 4) is 23.0 Å². The van der Waals surface area contributed by atoms with Crippen LogP contribution in [0.2, 0.25) is 0 Å². The van der Waals surface area contributed by atoms with E-state index in [2.05, 4.69) is 0 Å². The Balaban J connectivity index is 1.87. The number of fused-ring (bicyclic) bond motifs is 6. The van der Waals surface area contributed by atoms with Crippen LogP contribution in [-0.2, 0) is 31.9 Å². The van der Waals surface area contributed by atoms with Gasteiger partial charge in [0.1, 0.15) is 0 Å². The molecule has 3 aliphatic rings. The highest BCUT2D eigenvalue weighted by Gasteiger charge is 2.54. The molecule has 0 aromatic heterocycles. The number of benzene rings is 2. The van der Waals surface area contributed by atoms with Crippen molar-refractivity contribution in [1.29, 1.82) is 0 Å². The van der Waals surface area contributed by atoms with E-state index in [1.54, 1.807) is 28.4 Å². The van der Waals surface area contributed by atoms with Gasteiger partial charge in [-0.1, -0.05) is 0 Å². The van der Waals surface area contributed by atoms with Crippen molar-refractivity contribution in [2.24, 2.45) is 23.7 Å². The number of aryl methyl sites for hydroxylation is 2. The molecule has 2 aromatic carbocycles. The number of hydrogen-bond donors (Lipinski definition) is 0. The lowest BCUT2D eigenvalue weighted by atomic mass is 9.55. The van der Waals surface area contributed by atoms with Gasteiger partial charge in [0.05, 0.1) is 54.5 Å². The van der Waals surface area contributed by atoms with E-state index in [9.17, 15) is 9.59 Å². The van der Waals surface area contributed by atoms with Gasteiger partial charge in [-0.2, -0.15) is 0 Å². The molecule has 202 valence electrons. The van der Waals surface area contributed by atoms with Crippen molar-refractivity contribution in [1.82, 2.24) is 0 Å². The summed E-state index contributed by atoms with van der Waals surface area (Å²) in [7, 11) is 9.24. The summed E-state index contributed by atoms with van der Waals surface area (Å²) >= 11 is 0. The van der Waals surface area contributed by atoms with E-state index in [-0.39, 0.29) is 23.8 Å². The third-order valence-corrected chi connectivity index (χ3v) is 8.48. The van der Waals surface area contributed by atoms with Gasteiger partial charge >= 0.3 is 11.9 Å². The average Bonchev–Trinajstić information content (AvgIpc) is 2.97. The van der Waals surface area contributed by atoms with Crippen LogP contribution in [0.5, 0.6) is 23.0 Å². The maximum absolute atomic E-state index is 13.4. The predicted molar refractivity (Wildman–Crippen MR) is 141 cm³/mol. The summed E-state index contributed by atoms with van der Waals surface area (Å²) in [5, 5.41) is 0. The molecule has 0 bridgehead atoms. The molecule has 0 saturated carbocycles. The molecule has 5 rings (SSSR count).